The summed E-state index contributed by atoms with van der Waals surface area (Å²) < 4.78 is 13.6. The van der Waals surface area contributed by atoms with Crippen molar-refractivity contribution >= 4 is 22.2 Å². The van der Waals surface area contributed by atoms with Crippen molar-refractivity contribution in [2.45, 2.75) is 26.8 Å². The molecule has 20 heavy (non-hydrogen) atoms. The minimum absolute atomic E-state index is 0.286. The molecule has 1 aliphatic rings. The first kappa shape index (κ1) is 14.5. The lowest BCUT2D eigenvalue weighted by Gasteiger charge is -2.26. The molecule has 0 saturated heterocycles. The van der Waals surface area contributed by atoms with Gasteiger partial charge in [0, 0.05) is 47.5 Å². The van der Waals surface area contributed by atoms with Crippen LogP contribution in [0.3, 0.4) is 0 Å². The van der Waals surface area contributed by atoms with E-state index < -0.39 is 10.8 Å². The molecule has 1 unspecified atom stereocenters. The minimum atomic E-state index is -1.30. The molecule has 0 aliphatic carbocycles. The summed E-state index contributed by atoms with van der Waals surface area (Å²) in [6.45, 7) is 13.1. The monoisotopic (exact) mass is 290 g/mol. The van der Waals surface area contributed by atoms with Crippen molar-refractivity contribution < 1.29 is 4.21 Å². The van der Waals surface area contributed by atoms with E-state index in [-0.39, 0.29) is 5.03 Å². The van der Waals surface area contributed by atoms with Gasteiger partial charge in [0.05, 0.1) is 12.8 Å². The first-order valence-electron chi connectivity index (χ1n) is 6.60. The molecule has 0 N–H and O–H groups in total. The Kier molecular flexibility index (Phi) is 4.40. The molecule has 5 nitrogen and oxygen atoms in total. The van der Waals surface area contributed by atoms with Gasteiger partial charge in [0.25, 0.3) is 5.03 Å². The number of aryl methyl sites for hydroxylation is 1. The molecule has 1 aromatic heterocycles. The predicted molar refractivity (Wildman–Crippen MR) is 82.3 cm³/mol. The molecule has 0 fully saturated rings. The molecule has 2 heterocycles. The van der Waals surface area contributed by atoms with Gasteiger partial charge in [-0.3, -0.25) is 4.21 Å². The SMILES string of the molecule is [C-]#[N+]/C(=C1/C=CN(CCC)c2c1cnn2CC)S(C)=O. The van der Waals surface area contributed by atoms with Crippen molar-refractivity contribution in [3.8, 4) is 0 Å². The van der Waals surface area contributed by atoms with Gasteiger partial charge in [-0.25, -0.2) is 9.53 Å². The Bertz CT molecular complexity index is 636. The molecule has 1 atom stereocenters. The Balaban J connectivity index is 2.64. The fraction of sp³-hybridized carbons (Fsp3) is 0.429. The second kappa shape index (κ2) is 6.06. The Morgan fingerprint density at radius 1 is 1.50 bits per heavy atom. The third kappa shape index (κ3) is 2.41. The molecule has 2 rings (SSSR count). The highest BCUT2D eigenvalue weighted by Crippen LogP contribution is 2.35. The zero-order valence-corrected chi connectivity index (χ0v) is 12.8. The summed E-state index contributed by atoms with van der Waals surface area (Å²) in [4.78, 5) is 5.57. The number of allylic oxidation sites excluding steroid dienone is 2. The number of anilines is 1. The maximum atomic E-state index is 11.7. The molecule has 0 spiro atoms. The lowest BCUT2D eigenvalue weighted by Crippen LogP contribution is -2.23. The van der Waals surface area contributed by atoms with Crippen LogP contribution < -0.4 is 4.90 Å². The van der Waals surface area contributed by atoms with Crippen LogP contribution in [0, 0.1) is 6.57 Å². The highest BCUT2D eigenvalue weighted by Gasteiger charge is 2.24. The summed E-state index contributed by atoms with van der Waals surface area (Å²) in [6, 6.07) is 0. The van der Waals surface area contributed by atoms with Crippen LogP contribution in [0.5, 0.6) is 0 Å². The smallest absolute Gasteiger partial charge is 0.258 e. The van der Waals surface area contributed by atoms with Crippen LogP contribution in [0.4, 0.5) is 5.82 Å². The zero-order valence-electron chi connectivity index (χ0n) is 12.0. The van der Waals surface area contributed by atoms with Gasteiger partial charge in [-0.1, -0.05) is 6.92 Å². The van der Waals surface area contributed by atoms with Crippen molar-refractivity contribution in [2.75, 3.05) is 17.7 Å². The standard InChI is InChI=1S/C14H18N4OS/c1-5-8-17-9-7-11(13(15-3)20(4)19)12-10-16-18(6-2)14(12)17/h7,9-10H,5-6,8H2,1-2,4H3/b13-11+. The second-order valence-corrected chi connectivity index (χ2v) is 5.79. The van der Waals surface area contributed by atoms with Crippen LogP contribution in [0.2, 0.25) is 0 Å². The molecule has 0 amide bonds. The summed E-state index contributed by atoms with van der Waals surface area (Å²) in [5.74, 6) is 0.985. The van der Waals surface area contributed by atoms with Crippen LogP contribution in [-0.2, 0) is 17.3 Å². The molecular formula is C14H18N4OS. The number of hydrogen-bond donors (Lipinski definition) is 0. The first-order chi connectivity index (χ1) is 9.63. The van der Waals surface area contributed by atoms with Crippen molar-refractivity contribution in [2.24, 2.45) is 0 Å². The molecule has 0 saturated carbocycles. The third-order valence-corrected chi connectivity index (χ3v) is 4.02. The minimum Gasteiger partial charge on any atom is -0.333 e. The summed E-state index contributed by atoms with van der Waals surface area (Å²) in [7, 11) is -1.30. The normalized spacial score (nSPS) is 17.6. The number of aromatic nitrogens is 2. The summed E-state index contributed by atoms with van der Waals surface area (Å²) in [5, 5.41) is 4.66. The van der Waals surface area contributed by atoms with E-state index in [0.717, 1.165) is 36.5 Å². The lowest BCUT2D eigenvalue weighted by atomic mass is 10.1. The van der Waals surface area contributed by atoms with Gasteiger partial charge in [0.15, 0.2) is 0 Å². The number of nitrogens with zero attached hydrogens (tertiary/aromatic N) is 4. The van der Waals surface area contributed by atoms with Gasteiger partial charge in [-0.15, -0.1) is 0 Å². The Morgan fingerprint density at radius 2 is 2.25 bits per heavy atom. The maximum Gasteiger partial charge on any atom is 0.258 e. The van der Waals surface area contributed by atoms with Crippen LogP contribution in [0.25, 0.3) is 10.4 Å². The van der Waals surface area contributed by atoms with Crippen LogP contribution in [0.15, 0.2) is 23.5 Å². The van der Waals surface area contributed by atoms with E-state index in [1.54, 1.807) is 6.20 Å². The number of hydrogen-bond acceptors (Lipinski definition) is 3. The van der Waals surface area contributed by atoms with Gasteiger partial charge in [0.1, 0.15) is 5.82 Å². The van der Waals surface area contributed by atoms with Crippen LogP contribution in [-0.4, -0.2) is 26.8 Å². The number of fused-ring (bicyclic) bond motifs is 1. The van der Waals surface area contributed by atoms with Gasteiger partial charge in [0.2, 0.25) is 0 Å². The van der Waals surface area contributed by atoms with Gasteiger partial charge in [-0.2, -0.15) is 5.10 Å². The molecule has 106 valence electrons. The fourth-order valence-corrected chi connectivity index (χ4v) is 2.93. The Hall–Kier alpha value is -1.87. The topological polar surface area (TPSA) is 42.5 Å². The molecule has 0 aromatic carbocycles. The highest BCUT2D eigenvalue weighted by atomic mass is 32.2. The van der Waals surface area contributed by atoms with E-state index >= 15 is 0 Å². The maximum absolute atomic E-state index is 11.7. The van der Waals surface area contributed by atoms with E-state index in [0.29, 0.717) is 0 Å². The third-order valence-electron chi connectivity index (χ3n) is 3.16. The summed E-state index contributed by atoms with van der Waals surface area (Å²) in [6.07, 6.45) is 8.14. The van der Waals surface area contributed by atoms with E-state index in [1.807, 2.05) is 23.9 Å². The van der Waals surface area contributed by atoms with Crippen LogP contribution >= 0.6 is 0 Å². The second-order valence-electron chi connectivity index (χ2n) is 4.49. The summed E-state index contributed by atoms with van der Waals surface area (Å²) >= 11 is 0. The van der Waals surface area contributed by atoms with Crippen molar-refractivity contribution in [1.29, 1.82) is 0 Å². The van der Waals surface area contributed by atoms with E-state index in [9.17, 15) is 4.21 Å². The highest BCUT2D eigenvalue weighted by molar-refractivity contribution is 7.88. The van der Waals surface area contributed by atoms with Gasteiger partial charge >= 0.3 is 0 Å². The van der Waals surface area contributed by atoms with Crippen molar-refractivity contribution in [3.05, 3.63) is 40.5 Å². The van der Waals surface area contributed by atoms with Crippen molar-refractivity contribution in [3.63, 3.8) is 0 Å². The number of rotatable bonds is 4. The van der Waals surface area contributed by atoms with Crippen molar-refractivity contribution in [1.82, 2.24) is 9.78 Å². The quantitative estimate of drug-likeness (QED) is 0.801. The van der Waals surface area contributed by atoms with Gasteiger partial charge < -0.3 is 4.90 Å². The van der Waals surface area contributed by atoms with E-state index in [1.165, 1.54) is 6.26 Å². The average molecular weight is 290 g/mol. The predicted octanol–water partition coefficient (Wildman–Crippen LogP) is 2.61. The molecule has 1 aromatic rings. The zero-order chi connectivity index (χ0) is 14.7. The largest absolute Gasteiger partial charge is 0.333 e. The summed E-state index contributed by atoms with van der Waals surface area (Å²) in [5.41, 5.74) is 1.62. The van der Waals surface area contributed by atoms with Gasteiger partial charge in [-0.05, 0) is 19.4 Å². The van der Waals surface area contributed by atoms with E-state index in [4.69, 9.17) is 6.57 Å². The molecule has 6 heteroatoms. The first-order valence-corrected chi connectivity index (χ1v) is 8.16. The molecule has 0 bridgehead atoms. The molecule has 1 aliphatic heterocycles. The fourth-order valence-electron chi connectivity index (χ4n) is 2.32. The Labute approximate surface area is 121 Å². The van der Waals surface area contributed by atoms with Crippen LogP contribution in [0.1, 0.15) is 25.8 Å². The molecular weight excluding hydrogens is 272 g/mol. The molecule has 0 radical (unpaired) electrons. The average Bonchev–Trinajstić information content (AvgIpc) is 2.86. The lowest BCUT2D eigenvalue weighted by molar-refractivity contribution is 0.648. The Morgan fingerprint density at radius 3 is 2.80 bits per heavy atom. The van der Waals surface area contributed by atoms with E-state index in [2.05, 4.69) is 21.8 Å².